The van der Waals surface area contributed by atoms with Crippen molar-refractivity contribution >= 4 is 23.2 Å². The zero-order valence-corrected chi connectivity index (χ0v) is 11.7. The van der Waals surface area contributed by atoms with E-state index in [4.69, 9.17) is 22.7 Å². The van der Waals surface area contributed by atoms with Crippen LogP contribution in [-0.2, 0) is 16.1 Å². The van der Waals surface area contributed by atoms with Crippen LogP contribution in [0.5, 0.6) is 0 Å². The fourth-order valence-corrected chi connectivity index (χ4v) is 1.73. The molecule has 0 bridgehead atoms. The summed E-state index contributed by atoms with van der Waals surface area (Å²) < 4.78 is 4.71. The van der Waals surface area contributed by atoms with Crippen molar-refractivity contribution in [3.63, 3.8) is 0 Å². The van der Waals surface area contributed by atoms with Crippen molar-refractivity contribution < 1.29 is 9.53 Å². The summed E-state index contributed by atoms with van der Waals surface area (Å²) in [5, 5.41) is 0. The van der Waals surface area contributed by atoms with E-state index in [0.29, 0.717) is 11.5 Å². The van der Waals surface area contributed by atoms with E-state index in [-0.39, 0.29) is 12.0 Å². The third kappa shape index (κ3) is 3.78. The second-order valence-corrected chi connectivity index (χ2v) is 4.62. The molecule has 0 aliphatic heterocycles. The predicted molar refractivity (Wildman–Crippen MR) is 75.3 cm³/mol. The standard InChI is InChI=1S/C13H18N2O2S/c1-9(13(16)17-3)15(2)8-10-5-4-6-11(7-10)12(14)18/h4-7,9H,8H2,1-3H3,(H2,14,18). The van der Waals surface area contributed by atoms with E-state index in [1.54, 1.807) is 0 Å². The maximum atomic E-state index is 11.4. The predicted octanol–water partition coefficient (Wildman–Crippen LogP) is 1.31. The Morgan fingerprint density at radius 1 is 1.56 bits per heavy atom. The summed E-state index contributed by atoms with van der Waals surface area (Å²) in [7, 11) is 3.26. The monoisotopic (exact) mass is 266 g/mol. The number of hydrogen-bond acceptors (Lipinski definition) is 4. The van der Waals surface area contributed by atoms with E-state index in [2.05, 4.69) is 0 Å². The molecule has 1 atom stereocenters. The zero-order chi connectivity index (χ0) is 13.7. The topological polar surface area (TPSA) is 55.6 Å². The van der Waals surface area contributed by atoms with E-state index in [0.717, 1.165) is 11.1 Å². The van der Waals surface area contributed by atoms with Gasteiger partial charge >= 0.3 is 5.97 Å². The van der Waals surface area contributed by atoms with Gasteiger partial charge in [-0.15, -0.1) is 0 Å². The summed E-state index contributed by atoms with van der Waals surface area (Å²) >= 11 is 4.94. The molecule has 0 spiro atoms. The second-order valence-electron chi connectivity index (χ2n) is 4.18. The molecule has 0 saturated heterocycles. The minimum atomic E-state index is -0.288. The maximum Gasteiger partial charge on any atom is 0.322 e. The van der Waals surface area contributed by atoms with Crippen LogP contribution in [0.1, 0.15) is 18.1 Å². The molecule has 0 radical (unpaired) electrons. The molecule has 98 valence electrons. The number of benzene rings is 1. The first kappa shape index (κ1) is 14.6. The summed E-state index contributed by atoms with van der Waals surface area (Å²) in [6, 6.07) is 7.39. The van der Waals surface area contributed by atoms with Crippen molar-refractivity contribution in [2.24, 2.45) is 5.73 Å². The maximum absolute atomic E-state index is 11.4. The molecule has 0 aliphatic carbocycles. The molecule has 2 N–H and O–H groups in total. The molecule has 0 saturated carbocycles. The van der Waals surface area contributed by atoms with Crippen molar-refractivity contribution in [3.8, 4) is 0 Å². The number of thiocarbonyl (C=S) groups is 1. The molecular formula is C13H18N2O2S. The zero-order valence-electron chi connectivity index (χ0n) is 10.8. The molecule has 0 aromatic heterocycles. The van der Waals surface area contributed by atoms with Crippen LogP contribution in [0.15, 0.2) is 24.3 Å². The van der Waals surface area contributed by atoms with E-state index in [1.807, 2.05) is 43.1 Å². The van der Waals surface area contributed by atoms with E-state index in [9.17, 15) is 4.79 Å². The van der Waals surface area contributed by atoms with Crippen molar-refractivity contribution in [1.82, 2.24) is 4.90 Å². The van der Waals surface area contributed by atoms with Gasteiger partial charge in [-0.1, -0.05) is 30.4 Å². The van der Waals surface area contributed by atoms with Crippen LogP contribution in [0.2, 0.25) is 0 Å². The van der Waals surface area contributed by atoms with Gasteiger partial charge in [0.1, 0.15) is 11.0 Å². The number of rotatable bonds is 5. The third-order valence-electron chi connectivity index (χ3n) is 2.85. The van der Waals surface area contributed by atoms with Gasteiger partial charge in [0.05, 0.1) is 7.11 Å². The van der Waals surface area contributed by atoms with Crippen LogP contribution in [-0.4, -0.2) is 36.1 Å². The lowest BCUT2D eigenvalue weighted by molar-refractivity contribution is -0.145. The van der Waals surface area contributed by atoms with Gasteiger partial charge in [0.25, 0.3) is 0 Å². The molecule has 1 unspecified atom stereocenters. The number of likely N-dealkylation sites (N-methyl/N-ethyl adjacent to an activating group) is 1. The quantitative estimate of drug-likeness (QED) is 0.643. The van der Waals surface area contributed by atoms with Gasteiger partial charge < -0.3 is 10.5 Å². The smallest absolute Gasteiger partial charge is 0.322 e. The number of ether oxygens (including phenoxy) is 1. The highest BCUT2D eigenvalue weighted by Gasteiger charge is 2.18. The van der Waals surface area contributed by atoms with E-state index >= 15 is 0 Å². The van der Waals surface area contributed by atoms with Crippen LogP contribution in [0.4, 0.5) is 0 Å². The summed E-state index contributed by atoms with van der Waals surface area (Å²) in [4.78, 5) is 13.7. The normalized spacial score (nSPS) is 12.2. The van der Waals surface area contributed by atoms with Crippen LogP contribution >= 0.6 is 12.2 Å². The van der Waals surface area contributed by atoms with E-state index < -0.39 is 0 Å². The Morgan fingerprint density at radius 2 is 2.22 bits per heavy atom. The summed E-state index contributed by atoms with van der Waals surface area (Å²) in [5.41, 5.74) is 7.48. The number of methoxy groups -OCH3 is 1. The Labute approximate surface area is 113 Å². The van der Waals surface area contributed by atoms with Crippen molar-refractivity contribution in [2.45, 2.75) is 19.5 Å². The molecule has 4 nitrogen and oxygen atoms in total. The number of nitrogens with zero attached hydrogens (tertiary/aromatic N) is 1. The highest BCUT2D eigenvalue weighted by molar-refractivity contribution is 7.80. The molecule has 1 aromatic rings. The largest absolute Gasteiger partial charge is 0.468 e. The average Bonchev–Trinajstić information content (AvgIpc) is 2.37. The van der Waals surface area contributed by atoms with Crippen LogP contribution in [0.25, 0.3) is 0 Å². The third-order valence-corrected chi connectivity index (χ3v) is 3.08. The first-order chi connectivity index (χ1) is 8.45. The minimum absolute atomic E-state index is 0.247. The Balaban J connectivity index is 2.75. The average molecular weight is 266 g/mol. The second kappa shape index (κ2) is 6.47. The molecule has 18 heavy (non-hydrogen) atoms. The molecule has 0 amide bonds. The minimum Gasteiger partial charge on any atom is -0.468 e. The summed E-state index contributed by atoms with van der Waals surface area (Å²) in [5.74, 6) is -0.247. The number of nitrogens with two attached hydrogens (primary N) is 1. The Bertz CT molecular complexity index is 448. The van der Waals surface area contributed by atoms with Crippen LogP contribution in [0, 0.1) is 0 Å². The van der Waals surface area contributed by atoms with Crippen molar-refractivity contribution in [3.05, 3.63) is 35.4 Å². The van der Waals surface area contributed by atoms with Crippen molar-refractivity contribution in [1.29, 1.82) is 0 Å². The number of carbonyl (C=O) groups excluding carboxylic acids is 1. The first-order valence-corrected chi connectivity index (χ1v) is 6.03. The molecule has 0 fully saturated rings. The molecule has 0 heterocycles. The van der Waals surface area contributed by atoms with Gasteiger partial charge in [0, 0.05) is 12.1 Å². The Morgan fingerprint density at radius 3 is 2.78 bits per heavy atom. The fourth-order valence-electron chi connectivity index (χ4n) is 1.60. The van der Waals surface area contributed by atoms with Gasteiger partial charge in [-0.2, -0.15) is 0 Å². The van der Waals surface area contributed by atoms with Crippen LogP contribution in [0.3, 0.4) is 0 Å². The SMILES string of the molecule is COC(=O)C(C)N(C)Cc1cccc(C(N)=S)c1. The highest BCUT2D eigenvalue weighted by Crippen LogP contribution is 2.10. The molecule has 1 rings (SSSR count). The lowest BCUT2D eigenvalue weighted by Crippen LogP contribution is -2.36. The molecular weight excluding hydrogens is 248 g/mol. The lowest BCUT2D eigenvalue weighted by atomic mass is 10.1. The summed E-state index contributed by atoms with van der Waals surface area (Å²) in [6.07, 6.45) is 0. The van der Waals surface area contributed by atoms with Gasteiger partial charge in [-0.05, 0) is 25.6 Å². The molecule has 5 heteroatoms. The number of carbonyl (C=O) groups is 1. The van der Waals surface area contributed by atoms with Gasteiger partial charge in [0.15, 0.2) is 0 Å². The van der Waals surface area contributed by atoms with Crippen LogP contribution < -0.4 is 5.73 Å². The summed E-state index contributed by atoms with van der Waals surface area (Å²) in [6.45, 7) is 2.44. The first-order valence-electron chi connectivity index (χ1n) is 5.62. The molecule has 0 aliphatic rings. The van der Waals surface area contributed by atoms with E-state index in [1.165, 1.54) is 7.11 Å². The lowest BCUT2D eigenvalue weighted by Gasteiger charge is -2.22. The molecule has 1 aromatic carbocycles. The Kier molecular flexibility index (Phi) is 5.25. The highest BCUT2D eigenvalue weighted by atomic mass is 32.1. The Hall–Kier alpha value is -1.46. The fraction of sp³-hybridized carbons (Fsp3) is 0.385. The van der Waals surface area contributed by atoms with Gasteiger partial charge in [-0.3, -0.25) is 9.69 Å². The number of esters is 1. The van der Waals surface area contributed by atoms with Gasteiger partial charge in [-0.25, -0.2) is 0 Å². The van der Waals surface area contributed by atoms with Crippen molar-refractivity contribution in [2.75, 3.05) is 14.2 Å². The number of hydrogen-bond donors (Lipinski definition) is 1. The van der Waals surface area contributed by atoms with Gasteiger partial charge in [0.2, 0.25) is 0 Å².